The van der Waals surface area contributed by atoms with Crippen LogP contribution in [0, 0.1) is 13.8 Å². The molecule has 6 nitrogen and oxygen atoms in total. The summed E-state index contributed by atoms with van der Waals surface area (Å²) in [5.41, 5.74) is 4.13. The molecule has 1 heterocycles. The summed E-state index contributed by atoms with van der Waals surface area (Å²) in [6.07, 6.45) is 1.62. The largest absolute Gasteiger partial charge is 0.464 e. The van der Waals surface area contributed by atoms with E-state index in [-0.39, 0.29) is 5.91 Å². The van der Waals surface area contributed by atoms with Crippen LogP contribution in [0.3, 0.4) is 0 Å². The Hall–Kier alpha value is -3.06. The number of nitrogens with one attached hydrogen (secondary N) is 2. The van der Waals surface area contributed by atoms with Crippen molar-refractivity contribution >= 4 is 27.3 Å². The van der Waals surface area contributed by atoms with Crippen LogP contribution in [0.1, 0.15) is 35.3 Å². The van der Waals surface area contributed by atoms with Crippen LogP contribution in [0.25, 0.3) is 11.3 Å². The fraction of sp³-hybridized carbons (Fsp3) is 0.227. The number of benzene rings is 2. The van der Waals surface area contributed by atoms with Gasteiger partial charge in [0.15, 0.2) is 0 Å². The molecule has 0 spiro atoms. The molecule has 29 heavy (non-hydrogen) atoms. The zero-order valence-electron chi connectivity index (χ0n) is 16.8. The minimum absolute atomic E-state index is 0.264. The van der Waals surface area contributed by atoms with Gasteiger partial charge in [-0.05, 0) is 87.4 Å². The number of rotatable bonds is 6. The van der Waals surface area contributed by atoms with E-state index < -0.39 is 15.3 Å². The van der Waals surface area contributed by atoms with E-state index in [1.807, 2.05) is 37.3 Å². The van der Waals surface area contributed by atoms with Crippen molar-refractivity contribution < 1.29 is 17.6 Å². The topological polar surface area (TPSA) is 88.4 Å². The van der Waals surface area contributed by atoms with E-state index in [9.17, 15) is 13.2 Å². The molecule has 0 aliphatic carbocycles. The monoisotopic (exact) mass is 412 g/mol. The third-order valence-electron chi connectivity index (χ3n) is 4.64. The molecule has 1 amide bonds. The standard InChI is InChI=1S/C22H24N2O4S/c1-14(2)29(26,27)24-20-10-8-18(13-16(20)4)22(25)23-19-9-7-17(12-15(19)3)21-6-5-11-28-21/h5-14,24H,1-4H3,(H,23,25). The van der Waals surface area contributed by atoms with Crippen LogP contribution in [0.2, 0.25) is 0 Å². The smallest absolute Gasteiger partial charge is 0.255 e. The van der Waals surface area contributed by atoms with Crippen molar-refractivity contribution in [3.63, 3.8) is 0 Å². The number of carbonyl (C=O) groups excluding carboxylic acids is 1. The highest BCUT2D eigenvalue weighted by Gasteiger charge is 2.17. The zero-order valence-corrected chi connectivity index (χ0v) is 17.6. The molecule has 3 rings (SSSR count). The van der Waals surface area contributed by atoms with E-state index >= 15 is 0 Å². The van der Waals surface area contributed by atoms with Crippen LogP contribution in [0.4, 0.5) is 11.4 Å². The van der Waals surface area contributed by atoms with Gasteiger partial charge in [0, 0.05) is 16.8 Å². The highest BCUT2D eigenvalue weighted by molar-refractivity contribution is 7.93. The summed E-state index contributed by atoms with van der Waals surface area (Å²) in [6.45, 7) is 6.90. The molecule has 7 heteroatoms. The molecule has 0 saturated carbocycles. The fourth-order valence-corrected chi connectivity index (χ4v) is 3.56. The number of furan rings is 1. The van der Waals surface area contributed by atoms with Crippen molar-refractivity contribution in [2.45, 2.75) is 32.9 Å². The van der Waals surface area contributed by atoms with Crippen molar-refractivity contribution in [2.75, 3.05) is 10.0 Å². The average molecular weight is 413 g/mol. The molecule has 3 aromatic rings. The summed E-state index contributed by atoms with van der Waals surface area (Å²) in [7, 11) is -3.44. The van der Waals surface area contributed by atoms with E-state index in [0.29, 0.717) is 22.5 Å². The van der Waals surface area contributed by atoms with Crippen molar-refractivity contribution in [3.05, 3.63) is 71.5 Å². The second-order valence-electron chi connectivity index (χ2n) is 7.19. The Balaban J connectivity index is 1.77. The molecule has 0 aliphatic rings. The van der Waals surface area contributed by atoms with Crippen molar-refractivity contribution in [2.24, 2.45) is 0 Å². The Kier molecular flexibility index (Phi) is 5.79. The molecule has 2 aromatic carbocycles. The second kappa shape index (κ2) is 8.13. The van der Waals surface area contributed by atoms with Gasteiger partial charge in [0.05, 0.1) is 17.2 Å². The molecule has 0 fully saturated rings. The third kappa shape index (κ3) is 4.68. The van der Waals surface area contributed by atoms with Gasteiger partial charge >= 0.3 is 0 Å². The van der Waals surface area contributed by atoms with Crippen LogP contribution in [-0.4, -0.2) is 19.6 Å². The molecule has 2 N–H and O–H groups in total. The maximum Gasteiger partial charge on any atom is 0.255 e. The molecule has 0 atom stereocenters. The molecular formula is C22H24N2O4S. The summed E-state index contributed by atoms with van der Waals surface area (Å²) in [5, 5.41) is 2.36. The van der Waals surface area contributed by atoms with E-state index in [0.717, 1.165) is 16.9 Å². The highest BCUT2D eigenvalue weighted by atomic mass is 32.2. The van der Waals surface area contributed by atoms with Gasteiger partial charge in [-0.1, -0.05) is 0 Å². The van der Waals surface area contributed by atoms with Gasteiger partial charge in [-0.15, -0.1) is 0 Å². The number of hydrogen-bond acceptors (Lipinski definition) is 4. The Morgan fingerprint density at radius 3 is 2.24 bits per heavy atom. The molecular weight excluding hydrogens is 388 g/mol. The lowest BCUT2D eigenvalue weighted by atomic mass is 10.1. The van der Waals surface area contributed by atoms with Crippen LogP contribution in [0.15, 0.2) is 59.2 Å². The zero-order chi connectivity index (χ0) is 21.2. The van der Waals surface area contributed by atoms with E-state index in [1.165, 1.54) is 0 Å². The molecule has 0 radical (unpaired) electrons. The SMILES string of the molecule is Cc1cc(-c2ccco2)ccc1NC(=O)c1ccc(NS(=O)(=O)C(C)C)c(C)c1. The predicted molar refractivity (Wildman–Crippen MR) is 116 cm³/mol. The summed E-state index contributed by atoms with van der Waals surface area (Å²) >= 11 is 0. The Morgan fingerprint density at radius 2 is 1.66 bits per heavy atom. The van der Waals surface area contributed by atoms with Crippen LogP contribution in [0.5, 0.6) is 0 Å². The van der Waals surface area contributed by atoms with E-state index in [1.54, 1.807) is 45.2 Å². The van der Waals surface area contributed by atoms with Crippen molar-refractivity contribution in [1.29, 1.82) is 0 Å². The molecule has 0 aliphatic heterocycles. The Bertz CT molecular complexity index is 1130. The van der Waals surface area contributed by atoms with Gasteiger partial charge in [0.25, 0.3) is 5.91 Å². The molecule has 152 valence electrons. The fourth-order valence-electron chi connectivity index (χ4n) is 2.79. The molecule has 1 aromatic heterocycles. The maximum absolute atomic E-state index is 12.7. The van der Waals surface area contributed by atoms with Gasteiger partial charge in [-0.2, -0.15) is 0 Å². The Morgan fingerprint density at radius 1 is 0.966 bits per heavy atom. The lowest BCUT2D eigenvalue weighted by Crippen LogP contribution is -2.23. The van der Waals surface area contributed by atoms with Crippen molar-refractivity contribution in [3.8, 4) is 11.3 Å². The van der Waals surface area contributed by atoms with Gasteiger partial charge in [0.1, 0.15) is 5.76 Å². The summed E-state index contributed by atoms with van der Waals surface area (Å²) in [4.78, 5) is 12.7. The lowest BCUT2D eigenvalue weighted by molar-refractivity contribution is 0.102. The van der Waals surface area contributed by atoms with Gasteiger partial charge in [-0.3, -0.25) is 9.52 Å². The average Bonchev–Trinajstić information content (AvgIpc) is 3.19. The first-order valence-electron chi connectivity index (χ1n) is 9.25. The third-order valence-corrected chi connectivity index (χ3v) is 6.39. The van der Waals surface area contributed by atoms with Gasteiger partial charge in [-0.25, -0.2) is 8.42 Å². The molecule has 0 bridgehead atoms. The number of sulfonamides is 1. The first kappa shape index (κ1) is 20.7. The van der Waals surface area contributed by atoms with Crippen LogP contribution in [-0.2, 0) is 10.0 Å². The van der Waals surface area contributed by atoms with E-state index in [4.69, 9.17) is 4.42 Å². The lowest BCUT2D eigenvalue weighted by Gasteiger charge is -2.14. The van der Waals surface area contributed by atoms with E-state index in [2.05, 4.69) is 10.0 Å². The van der Waals surface area contributed by atoms with Crippen molar-refractivity contribution in [1.82, 2.24) is 0 Å². The van der Waals surface area contributed by atoms with Gasteiger partial charge in [0.2, 0.25) is 10.0 Å². The minimum atomic E-state index is -3.44. The summed E-state index contributed by atoms with van der Waals surface area (Å²) in [5.74, 6) is 0.501. The number of amides is 1. The number of hydrogen-bond donors (Lipinski definition) is 2. The Labute approximate surface area is 171 Å². The maximum atomic E-state index is 12.7. The van der Waals surface area contributed by atoms with Gasteiger partial charge < -0.3 is 9.73 Å². The highest BCUT2D eigenvalue weighted by Crippen LogP contribution is 2.26. The first-order chi connectivity index (χ1) is 13.7. The predicted octanol–water partition coefficient (Wildman–Crippen LogP) is 4.97. The number of anilines is 2. The molecule has 0 unspecified atom stereocenters. The normalized spacial score (nSPS) is 11.5. The number of carbonyl (C=O) groups is 1. The number of aryl methyl sites for hydroxylation is 2. The molecule has 0 saturated heterocycles. The quantitative estimate of drug-likeness (QED) is 0.598. The minimum Gasteiger partial charge on any atom is -0.464 e. The summed E-state index contributed by atoms with van der Waals surface area (Å²) in [6, 6.07) is 14.3. The van der Waals surface area contributed by atoms with Crippen LogP contribution >= 0.6 is 0 Å². The van der Waals surface area contributed by atoms with Crippen LogP contribution < -0.4 is 10.0 Å². The summed E-state index contributed by atoms with van der Waals surface area (Å²) < 4.78 is 32.1. The second-order valence-corrected chi connectivity index (χ2v) is 9.42. The first-order valence-corrected chi connectivity index (χ1v) is 10.8.